The van der Waals surface area contributed by atoms with Gasteiger partial charge in [0.2, 0.25) is 0 Å². The summed E-state index contributed by atoms with van der Waals surface area (Å²) in [5.41, 5.74) is 4.03. The van der Waals surface area contributed by atoms with Crippen molar-refractivity contribution in [2.75, 3.05) is 0 Å². The van der Waals surface area contributed by atoms with E-state index in [1.807, 2.05) is 6.07 Å². The largest absolute Gasteiger partial charge is 0.294 e. The minimum Gasteiger partial charge on any atom is -0.294 e. The average Bonchev–Trinajstić information content (AvgIpc) is 2.15. The molecule has 0 atom stereocenters. The Morgan fingerprint density at radius 2 is 2.00 bits per heavy atom. The van der Waals surface area contributed by atoms with Gasteiger partial charge in [-0.25, -0.2) is 0 Å². The molecule has 1 saturated carbocycles. The molecule has 1 aromatic rings. The van der Waals surface area contributed by atoms with Gasteiger partial charge in [-0.15, -0.1) is 0 Å². The van der Waals surface area contributed by atoms with Crippen molar-refractivity contribution in [2.24, 2.45) is 0 Å². The Bertz CT molecular complexity index is 427. The predicted molar refractivity (Wildman–Crippen MR) is 60.3 cm³/mol. The lowest BCUT2D eigenvalue weighted by atomic mass is 9.58. The number of aryl methyl sites for hydroxylation is 1. The highest BCUT2D eigenvalue weighted by Crippen LogP contribution is 2.51. The van der Waals surface area contributed by atoms with Crippen molar-refractivity contribution in [1.82, 2.24) is 0 Å². The summed E-state index contributed by atoms with van der Waals surface area (Å²) in [6.45, 7) is 2.12. The fourth-order valence-electron chi connectivity index (χ4n) is 3.09. The molecule has 1 aromatic carbocycles. The van der Waals surface area contributed by atoms with E-state index in [4.69, 9.17) is 0 Å². The van der Waals surface area contributed by atoms with Crippen molar-refractivity contribution in [2.45, 2.75) is 44.4 Å². The van der Waals surface area contributed by atoms with Crippen LogP contribution in [0.25, 0.3) is 0 Å². The molecule has 2 aliphatic carbocycles. The SMILES string of the molecule is Cc1ccc2c(c1)C1(CCC1)CCC2=O. The minimum absolute atomic E-state index is 0.350. The maximum absolute atomic E-state index is 11.8. The molecular formula is C14H16O. The van der Waals surface area contributed by atoms with Crippen molar-refractivity contribution >= 4 is 5.78 Å². The predicted octanol–water partition coefficient (Wildman–Crippen LogP) is 3.39. The van der Waals surface area contributed by atoms with E-state index in [0.29, 0.717) is 11.2 Å². The molecule has 78 valence electrons. The van der Waals surface area contributed by atoms with Crippen LogP contribution < -0.4 is 0 Å². The molecule has 0 saturated heterocycles. The normalized spacial score (nSPS) is 22.3. The standard InChI is InChI=1S/C14H16O/c1-10-3-4-11-12(9-10)14(6-2-7-14)8-5-13(11)15/h3-4,9H,2,5-8H2,1H3. The molecule has 1 fully saturated rings. The lowest BCUT2D eigenvalue weighted by Gasteiger charge is -2.46. The second kappa shape index (κ2) is 2.94. The maximum Gasteiger partial charge on any atom is 0.163 e. The summed E-state index contributed by atoms with van der Waals surface area (Å²) < 4.78 is 0. The topological polar surface area (TPSA) is 17.1 Å². The molecule has 0 aliphatic heterocycles. The highest BCUT2D eigenvalue weighted by atomic mass is 16.1. The van der Waals surface area contributed by atoms with Gasteiger partial charge >= 0.3 is 0 Å². The molecule has 0 heterocycles. The van der Waals surface area contributed by atoms with E-state index < -0.39 is 0 Å². The smallest absolute Gasteiger partial charge is 0.163 e. The summed E-state index contributed by atoms with van der Waals surface area (Å²) in [6.07, 6.45) is 5.76. The first-order chi connectivity index (χ1) is 7.21. The van der Waals surface area contributed by atoms with Gasteiger partial charge in [-0.2, -0.15) is 0 Å². The van der Waals surface area contributed by atoms with E-state index >= 15 is 0 Å². The average molecular weight is 200 g/mol. The zero-order chi connectivity index (χ0) is 10.5. The van der Waals surface area contributed by atoms with Crippen LogP contribution in [0.4, 0.5) is 0 Å². The van der Waals surface area contributed by atoms with Gasteiger partial charge in [0.05, 0.1) is 0 Å². The number of carbonyl (C=O) groups is 1. The lowest BCUT2D eigenvalue weighted by molar-refractivity contribution is 0.0920. The third kappa shape index (κ3) is 1.19. The van der Waals surface area contributed by atoms with E-state index in [2.05, 4.69) is 19.1 Å². The van der Waals surface area contributed by atoms with Gasteiger partial charge in [0.25, 0.3) is 0 Å². The maximum atomic E-state index is 11.8. The molecule has 0 unspecified atom stereocenters. The molecule has 3 rings (SSSR count). The lowest BCUT2D eigenvalue weighted by Crippen LogP contribution is -2.39. The molecular weight excluding hydrogens is 184 g/mol. The number of hydrogen-bond acceptors (Lipinski definition) is 1. The fraction of sp³-hybridized carbons (Fsp3) is 0.500. The highest BCUT2D eigenvalue weighted by molar-refractivity contribution is 5.99. The highest BCUT2D eigenvalue weighted by Gasteiger charge is 2.43. The van der Waals surface area contributed by atoms with Crippen molar-refractivity contribution in [1.29, 1.82) is 0 Å². The first-order valence-corrected chi connectivity index (χ1v) is 5.86. The Labute approximate surface area is 90.5 Å². The van der Waals surface area contributed by atoms with Crippen molar-refractivity contribution in [3.05, 3.63) is 34.9 Å². The molecule has 0 radical (unpaired) electrons. The summed E-state index contributed by atoms with van der Waals surface area (Å²) in [4.78, 5) is 11.8. The number of benzene rings is 1. The third-order valence-electron chi connectivity index (χ3n) is 4.19. The van der Waals surface area contributed by atoms with Crippen LogP contribution in [0.15, 0.2) is 18.2 Å². The Morgan fingerprint density at radius 3 is 2.67 bits per heavy atom. The Balaban J connectivity index is 2.18. The first kappa shape index (κ1) is 9.14. The van der Waals surface area contributed by atoms with Crippen LogP contribution in [0.1, 0.15) is 53.6 Å². The Hall–Kier alpha value is -1.11. The molecule has 0 aromatic heterocycles. The third-order valence-corrected chi connectivity index (χ3v) is 4.19. The van der Waals surface area contributed by atoms with Crippen LogP contribution in [-0.2, 0) is 5.41 Å². The molecule has 1 heteroatoms. The second-order valence-corrected chi connectivity index (χ2v) is 5.11. The number of hydrogen-bond donors (Lipinski definition) is 0. The molecule has 0 amide bonds. The number of Topliss-reactive ketones (excluding diaryl/α,β-unsaturated/α-hetero) is 1. The number of fused-ring (bicyclic) bond motifs is 2. The monoisotopic (exact) mass is 200 g/mol. The van der Waals surface area contributed by atoms with Crippen molar-refractivity contribution < 1.29 is 4.79 Å². The molecule has 2 aliphatic rings. The summed E-state index contributed by atoms with van der Waals surface area (Å²) >= 11 is 0. The van der Waals surface area contributed by atoms with Crippen LogP contribution >= 0.6 is 0 Å². The van der Waals surface area contributed by atoms with Gasteiger partial charge in [-0.05, 0) is 37.2 Å². The van der Waals surface area contributed by atoms with Crippen molar-refractivity contribution in [3.63, 3.8) is 0 Å². The summed E-state index contributed by atoms with van der Waals surface area (Å²) in [6, 6.07) is 6.34. The number of carbonyl (C=O) groups excluding carboxylic acids is 1. The van der Waals surface area contributed by atoms with Gasteiger partial charge in [0, 0.05) is 12.0 Å². The zero-order valence-electron chi connectivity index (χ0n) is 9.18. The summed E-state index contributed by atoms with van der Waals surface area (Å²) in [5.74, 6) is 0.350. The summed E-state index contributed by atoms with van der Waals surface area (Å²) in [7, 11) is 0. The van der Waals surface area contributed by atoms with Crippen LogP contribution in [0.5, 0.6) is 0 Å². The van der Waals surface area contributed by atoms with Gasteiger partial charge < -0.3 is 0 Å². The van der Waals surface area contributed by atoms with E-state index in [0.717, 1.165) is 18.4 Å². The van der Waals surface area contributed by atoms with E-state index in [-0.39, 0.29) is 0 Å². The van der Waals surface area contributed by atoms with Crippen LogP contribution in [0.3, 0.4) is 0 Å². The number of rotatable bonds is 0. The van der Waals surface area contributed by atoms with E-state index in [9.17, 15) is 4.79 Å². The van der Waals surface area contributed by atoms with Crippen LogP contribution in [0.2, 0.25) is 0 Å². The van der Waals surface area contributed by atoms with Gasteiger partial charge in [-0.1, -0.05) is 30.2 Å². The minimum atomic E-state index is 0.350. The van der Waals surface area contributed by atoms with E-state index in [1.165, 1.54) is 30.4 Å². The molecule has 0 N–H and O–H groups in total. The van der Waals surface area contributed by atoms with Crippen LogP contribution in [-0.4, -0.2) is 5.78 Å². The Morgan fingerprint density at radius 1 is 1.20 bits per heavy atom. The quantitative estimate of drug-likeness (QED) is 0.627. The Kier molecular flexibility index (Phi) is 1.79. The van der Waals surface area contributed by atoms with Crippen molar-refractivity contribution in [3.8, 4) is 0 Å². The molecule has 15 heavy (non-hydrogen) atoms. The molecule has 1 nitrogen and oxygen atoms in total. The van der Waals surface area contributed by atoms with Crippen LogP contribution in [0, 0.1) is 6.92 Å². The molecule has 1 spiro atoms. The second-order valence-electron chi connectivity index (χ2n) is 5.11. The fourth-order valence-corrected chi connectivity index (χ4v) is 3.09. The first-order valence-electron chi connectivity index (χ1n) is 5.86. The van der Waals surface area contributed by atoms with Gasteiger partial charge in [0.1, 0.15) is 0 Å². The zero-order valence-corrected chi connectivity index (χ0v) is 9.18. The van der Waals surface area contributed by atoms with Gasteiger partial charge in [-0.3, -0.25) is 4.79 Å². The summed E-state index contributed by atoms with van der Waals surface area (Å²) in [5, 5.41) is 0. The van der Waals surface area contributed by atoms with E-state index in [1.54, 1.807) is 0 Å². The van der Waals surface area contributed by atoms with Gasteiger partial charge in [0.15, 0.2) is 5.78 Å². The number of ketones is 1. The molecule has 0 bridgehead atoms.